The summed E-state index contributed by atoms with van der Waals surface area (Å²) in [6.45, 7) is 10.4. The average molecular weight is 354 g/mol. The van der Waals surface area contributed by atoms with Gasteiger partial charge < -0.3 is 19.9 Å². The quantitative estimate of drug-likeness (QED) is 0.854. The number of rotatable bonds is 6. The fraction of sp³-hybridized carbons (Fsp3) is 0.611. The van der Waals surface area contributed by atoms with Crippen molar-refractivity contribution in [3.8, 4) is 0 Å². The zero-order valence-corrected chi connectivity index (χ0v) is 15.6. The van der Waals surface area contributed by atoms with Gasteiger partial charge in [0.05, 0.1) is 23.4 Å². The fourth-order valence-corrected chi connectivity index (χ4v) is 2.94. The molecule has 1 atom stereocenters. The van der Waals surface area contributed by atoms with Crippen molar-refractivity contribution in [1.29, 1.82) is 0 Å². The lowest BCUT2D eigenvalue weighted by molar-refractivity contribution is 0.0931. The molecule has 24 heavy (non-hydrogen) atoms. The number of para-hydroxylation sites is 1. The maximum atomic E-state index is 12.3. The van der Waals surface area contributed by atoms with Crippen molar-refractivity contribution < 1.29 is 9.53 Å². The van der Waals surface area contributed by atoms with E-state index in [-0.39, 0.29) is 12.1 Å². The van der Waals surface area contributed by atoms with Crippen LogP contribution in [0.2, 0.25) is 5.02 Å². The number of amides is 2. The summed E-state index contributed by atoms with van der Waals surface area (Å²) in [5, 5.41) is 3.76. The molecule has 2 amide bonds. The molecular formula is C18H28ClN3O2. The molecule has 1 N–H and O–H groups in total. The molecular weight excluding hydrogens is 326 g/mol. The predicted octanol–water partition coefficient (Wildman–Crippen LogP) is 3.23. The summed E-state index contributed by atoms with van der Waals surface area (Å²) in [5.41, 5.74) is 1.04. The summed E-state index contributed by atoms with van der Waals surface area (Å²) < 4.78 is 5.58. The molecule has 0 aromatic heterocycles. The third-order valence-corrected chi connectivity index (χ3v) is 4.27. The van der Waals surface area contributed by atoms with Crippen LogP contribution in [0.1, 0.15) is 20.8 Å². The first kappa shape index (κ1) is 18.9. The van der Waals surface area contributed by atoms with Gasteiger partial charge in [-0.25, -0.2) is 4.79 Å². The highest BCUT2D eigenvalue weighted by atomic mass is 35.5. The molecule has 2 rings (SSSR count). The standard InChI is InChI=1S/C18H28ClN3O2/c1-14(2)12-24-13-15(3)20-18(23)22-10-8-21(9-11-22)17-7-5-4-6-16(17)19/h4-7,14-15H,8-13H2,1-3H3,(H,20,23). The van der Waals surface area contributed by atoms with E-state index in [9.17, 15) is 4.79 Å². The van der Waals surface area contributed by atoms with E-state index in [0.29, 0.717) is 25.6 Å². The number of ether oxygens (including phenoxy) is 1. The number of carbonyl (C=O) groups is 1. The number of nitrogens with zero attached hydrogens (tertiary/aromatic N) is 2. The summed E-state index contributed by atoms with van der Waals surface area (Å²) in [4.78, 5) is 16.4. The molecule has 1 unspecified atom stereocenters. The van der Waals surface area contributed by atoms with Crippen LogP contribution >= 0.6 is 11.6 Å². The molecule has 6 heteroatoms. The zero-order valence-electron chi connectivity index (χ0n) is 14.8. The minimum absolute atomic E-state index is 0.0119. The number of piperazine rings is 1. The van der Waals surface area contributed by atoms with Crippen molar-refractivity contribution in [2.75, 3.05) is 44.3 Å². The summed E-state index contributed by atoms with van der Waals surface area (Å²) in [5.74, 6) is 0.505. The van der Waals surface area contributed by atoms with Crippen molar-refractivity contribution in [3.63, 3.8) is 0 Å². The Balaban J connectivity index is 1.75. The maximum Gasteiger partial charge on any atom is 0.317 e. The molecule has 0 radical (unpaired) electrons. The van der Waals surface area contributed by atoms with Crippen molar-refractivity contribution >= 4 is 23.3 Å². The van der Waals surface area contributed by atoms with Crippen LogP contribution in [0.4, 0.5) is 10.5 Å². The summed E-state index contributed by atoms with van der Waals surface area (Å²) in [6.07, 6.45) is 0. The molecule has 0 saturated carbocycles. The van der Waals surface area contributed by atoms with Gasteiger partial charge in [-0.3, -0.25) is 0 Å². The average Bonchev–Trinajstić information content (AvgIpc) is 2.55. The van der Waals surface area contributed by atoms with Gasteiger partial charge in [0.25, 0.3) is 0 Å². The normalized spacial score (nSPS) is 16.4. The van der Waals surface area contributed by atoms with Gasteiger partial charge in [-0.05, 0) is 25.0 Å². The van der Waals surface area contributed by atoms with Gasteiger partial charge in [-0.1, -0.05) is 37.6 Å². The van der Waals surface area contributed by atoms with Crippen LogP contribution in [-0.2, 0) is 4.74 Å². The van der Waals surface area contributed by atoms with E-state index < -0.39 is 0 Å². The highest BCUT2D eigenvalue weighted by Crippen LogP contribution is 2.25. The minimum Gasteiger partial charge on any atom is -0.379 e. The highest BCUT2D eigenvalue weighted by molar-refractivity contribution is 6.33. The molecule has 1 heterocycles. The number of anilines is 1. The topological polar surface area (TPSA) is 44.8 Å². The molecule has 0 spiro atoms. The predicted molar refractivity (Wildman–Crippen MR) is 98.9 cm³/mol. The zero-order chi connectivity index (χ0) is 17.5. The Hall–Kier alpha value is -1.46. The van der Waals surface area contributed by atoms with Gasteiger partial charge in [0.2, 0.25) is 0 Å². The lowest BCUT2D eigenvalue weighted by Crippen LogP contribution is -2.53. The largest absolute Gasteiger partial charge is 0.379 e. The Morgan fingerprint density at radius 1 is 1.17 bits per heavy atom. The Morgan fingerprint density at radius 2 is 1.83 bits per heavy atom. The number of halogens is 1. The monoisotopic (exact) mass is 353 g/mol. The van der Waals surface area contributed by atoms with E-state index in [2.05, 4.69) is 24.1 Å². The van der Waals surface area contributed by atoms with Crippen molar-refractivity contribution in [1.82, 2.24) is 10.2 Å². The van der Waals surface area contributed by atoms with Crippen molar-refractivity contribution in [2.45, 2.75) is 26.8 Å². The molecule has 1 aromatic carbocycles. The second-order valence-corrected chi connectivity index (χ2v) is 7.11. The van der Waals surface area contributed by atoms with Crippen LogP contribution in [0.15, 0.2) is 24.3 Å². The van der Waals surface area contributed by atoms with E-state index >= 15 is 0 Å². The molecule has 1 saturated heterocycles. The second-order valence-electron chi connectivity index (χ2n) is 6.71. The van der Waals surface area contributed by atoms with Crippen molar-refractivity contribution in [2.24, 2.45) is 5.92 Å². The molecule has 0 bridgehead atoms. The van der Waals surface area contributed by atoms with Crippen LogP contribution in [0, 0.1) is 5.92 Å². The number of nitrogens with one attached hydrogen (secondary N) is 1. The van der Waals surface area contributed by atoms with Gasteiger partial charge >= 0.3 is 6.03 Å². The van der Waals surface area contributed by atoms with Gasteiger partial charge in [-0.15, -0.1) is 0 Å². The van der Waals surface area contributed by atoms with Gasteiger partial charge in [0.1, 0.15) is 0 Å². The molecule has 1 aromatic rings. The molecule has 1 fully saturated rings. The number of urea groups is 1. The van der Waals surface area contributed by atoms with Crippen LogP contribution < -0.4 is 10.2 Å². The fourth-order valence-electron chi connectivity index (χ4n) is 2.68. The molecule has 0 aliphatic carbocycles. The first-order chi connectivity index (χ1) is 11.5. The Bertz CT molecular complexity index is 531. The van der Waals surface area contributed by atoms with Gasteiger partial charge in [0.15, 0.2) is 0 Å². The molecule has 5 nitrogen and oxygen atoms in total. The number of benzene rings is 1. The van der Waals surface area contributed by atoms with Crippen LogP contribution in [0.3, 0.4) is 0 Å². The molecule has 1 aliphatic rings. The maximum absolute atomic E-state index is 12.3. The van der Waals surface area contributed by atoms with Gasteiger partial charge in [-0.2, -0.15) is 0 Å². The molecule has 1 aliphatic heterocycles. The third kappa shape index (κ3) is 5.56. The Labute approximate surface area is 149 Å². The van der Waals surface area contributed by atoms with E-state index in [1.165, 1.54) is 0 Å². The lowest BCUT2D eigenvalue weighted by Gasteiger charge is -2.36. The second kappa shape index (κ2) is 9.14. The van der Waals surface area contributed by atoms with E-state index in [0.717, 1.165) is 30.4 Å². The lowest BCUT2D eigenvalue weighted by atomic mass is 10.2. The number of hydrogen-bond donors (Lipinski definition) is 1. The smallest absolute Gasteiger partial charge is 0.317 e. The van der Waals surface area contributed by atoms with Crippen molar-refractivity contribution in [3.05, 3.63) is 29.3 Å². The number of hydrogen-bond acceptors (Lipinski definition) is 3. The van der Waals surface area contributed by atoms with E-state index in [1.807, 2.05) is 36.1 Å². The third-order valence-electron chi connectivity index (χ3n) is 3.95. The van der Waals surface area contributed by atoms with Gasteiger partial charge in [0, 0.05) is 32.8 Å². The highest BCUT2D eigenvalue weighted by Gasteiger charge is 2.23. The first-order valence-electron chi connectivity index (χ1n) is 8.60. The molecule has 134 valence electrons. The minimum atomic E-state index is -0.0190. The SMILES string of the molecule is CC(C)COCC(C)NC(=O)N1CCN(c2ccccc2Cl)CC1. The summed E-state index contributed by atoms with van der Waals surface area (Å²) >= 11 is 6.25. The van der Waals surface area contributed by atoms with Crippen LogP contribution in [0.25, 0.3) is 0 Å². The Morgan fingerprint density at radius 3 is 2.46 bits per heavy atom. The van der Waals surface area contributed by atoms with E-state index in [4.69, 9.17) is 16.3 Å². The van der Waals surface area contributed by atoms with Crippen LogP contribution in [0.5, 0.6) is 0 Å². The van der Waals surface area contributed by atoms with Crippen LogP contribution in [-0.4, -0.2) is 56.4 Å². The Kier molecular flexibility index (Phi) is 7.18. The van der Waals surface area contributed by atoms with E-state index in [1.54, 1.807) is 0 Å². The number of carbonyl (C=O) groups excluding carboxylic acids is 1. The summed E-state index contributed by atoms with van der Waals surface area (Å²) in [7, 11) is 0. The first-order valence-corrected chi connectivity index (χ1v) is 8.98. The summed E-state index contributed by atoms with van der Waals surface area (Å²) in [6, 6.07) is 7.82.